The number of aromatic nitrogens is 1. The Bertz CT molecular complexity index is 1600. The van der Waals surface area contributed by atoms with Gasteiger partial charge in [-0.15, -0.1) is 0 Å². The van der Waals surface area contributed by atoms with Crippen LogP contribution in [0.1, 0.15) is 38.7 Å². The van der Waals surface area contributed by atoms with Crippen LogP contribution in [-0.2, 0) is 20.7 Å². The molecule has 1 amide bonds. The third kappa shape index (κ3) is 4.77. The summed E-state index contributed by atoms with van der Waals surface area (Å²) in [5.74, 6) is -1.47. The first kappa shape index (κ1) is 25.8. The molecule has 1 saturated heterocycles. The third-order valence-electron chi connectivity index (χ3n) is 7.11. The number of ether oxygens (including phenoxy) is 2. The summed E-state index contributed by atoms with van der Waals surface area (Å²) >= 11 is 0. The van der Waals surface area contributed by atoms with Crippen LogP contribution in [0.15, 0.2) is 78.5 Å². The van der Waals surface area contributed by atoms with Gasteiger partial charge in [0.15, 0.2) is 0 Å². The third-order valence-corrected chi connectivity index (χ3v) is 7.11. The minimum atomic E-state index is -0.835. The fourth-order valence-electron chi connectivity index (χ4n) is 4.98. The number of carbonyl (C=O) groups is 3. The maximum atomic E-state index is 13.4. The molecule has 8 nitrogen and oxygen atoms in total. The molecule has 39 heavy (non-hydrogen) atoms. The van der Waals surface area contributed by atoms with Gasteiger partial charge in [-0.05, 0) is 54.8 Å². The Morgan fingerprint density at radius 3 is 2.33 bits per heavy atom. The van der Waals surface area contributed by atoms with Gasteiger partial charge >= 0.3 is 5.97 Å². The monoisotopic (exact) mass is 524 g/mol. The molecule has 0 spiro atoms. The quantitative estimate of drug-likeness (QED) is 0.154. The van der Waals surface area contributed by atoms with Crippen LogP contribution in [0.4, 0.5) is 0 Å². The van der Waals surface area contributed by atoms with Crippen molar-refractivity contribution in [2.45, 2.75) is 19.4 Å². The number of ketones is 1. The summed E-state index contributed by atoms with van der Waals surface area (Å²) < 4.78 is 10.2. The summed E-state index contributed by atoms with van der Waals surface area (Å²) in [6.45, 7) is 2.15. The summed E-state index contributed by atoms with van der Waals surface area (Å²) in [5, 5.41) is 12.2. The number of benzene rings is 3. The average Bonchev–Trinajstić information content (AvgIpc) is 3.48. The number of carbonyl (C=O) groups excluding carboxylic acids is 3. The zero-order valence-corrected chi connectivity index (χ0v) is 21.9. The van der Waals surface area contributed by atoms with E-state index in [-0.39, 0.29) is 17.9 Å². The lowest BCUT2D eigenvalue weighted by Gasteiger charge is -2.25. The number of aryl methyl sites for hydroxylation is 1. The van der Waals surface area contributed by atoms with Crippen LogP contribution in [0.5, 0.6) is 5.75 Å². The minimum absolute atomic E-state index is 0.00951. The largest absolute Gasteiger partial charge is 0.507 e. The number of esters is 1. The van der Waals surface area contributed by atoms with Gasteiger partial charge in [0, 0.05) is 29.2 Å². The van der Waals surface area contributed by atoms with Crippen LogP contribution in [-0.4, -0.2) is 53.4 Å². The molecule has 1 aliphatic rings. The van der Waals surface area contributed by atoms with Gasteiger partial charge < -0.3 is 24.5 Å². The molecule has 1 unspecified atom stereocenters. The lowest BCUT2D eigenvalue weighted by molar-refractivity contribution is -0.139. The van der Waals surface area contributed by atoms with Crippen LogP contribution in [0.25, 0.3) is 16.7 Å². The van der Waals surface area contributed by atoms with E-state index in [9.17, 15) is 19.5 Å². The highest BCUT2D eigenvalue weighted by molar-refractivity contribution is 6.46. The maximum Gasteiger partial charge on any atom is 0.337 e. The van der Waals surface area contributed by atoms with Crippen molar-refractivity contribution < 1.29 is 29.0 Å². The van der Waals surface area contributed by atoms with Gasteiger partial charge in [-0.25, -0.2) is 4.79 Å². The van der Waals surface area contributed by atoms with Crippen molar-refractivity contribution in [1.82, 2.24) is 9.88 Å². The molecule has 1 aliphatic heterocycles. The highest BCUT2D eigenvalue weighted by Gasteiger charge is 2.45. The van der Waals surface area contributed by atoms with E-state index < -0.39 is 23.7 Å². The zero-order valence-electron chi connectivity index (χ0n) is 21.9. The van der Waals surface area contributed by atoms with Gasteiger partial charge in [0.2, 0.25) is 0 Å². The molecule has 4 aromatic rings. The van der Waals surface area contributed by atoms with Gasteiger partial charge in [-0.2, -0.15) is 0 Å². The highest BCUT2D eigenvalue weighted by atomic mass is 16.5. The number of aliphatic hydroxyl groups is 1. The summed E-state index contributed by atoms with van der Waals surface area (Å²) in [5.41, 5.74) is 4.28. The van der Waals surface area contributed by atoms with E-state index in [1.807, 2.05) is 43.5 Å². The van der Waals surface area contributed by atoms with E-state index in [0.717, 1.165) is 22.0 Å². The highest BCUT2D eigenvalue weighted by Crippen LogP contribution is 2.40. The molecule has 0 saturated carbocycles. The van der Waals surface area contributed by atoms with Crippen LogP contribution < -0.4 is 4.74 Å². The van der Waals surface area contributed by atoms with Crippen molar-refractivity contribution in [3.8, 4) is 5.75 Å². The van der Waals surface area contributed by atoms with E-state index in [1.54, 1.807) is 43.5 Å². The maximum absolute atomic E-state index is 13.4. The molecular formula is C31H28N2O6. The molecular weight excluding hydrogens is 496 g/mol. The number of aromatic amines is 1. The molecule has 1 aromatic heterocycles. The Morgan fingerprint density at radius 2 is 1.67 bits per heavy atom. The number of hydrogen-bond donors (Lipinski definition) is 2. The molecule has 1 fully saturated rings. The van der Waals surface area contributed by atoms with Gasteiger partial charge in [0.25, 0.3) is 11.7 Å². The molecule has 3 aromatic carbocycles. The molecule has 0 bridgehead atoms. The Hall–Kier alpha value is -4.85. The van der Waals surface area contributed by atoms with Crippen LogP contribution >= 0.6 is 0 Å². The average molecular weight is 525 g/mol. The standard InChI is InChI=1S/C31H28N2O6/c1-18-4-6-20(7-5-18)28(34)26-27(19-8-10-21(11-9-19)31(37)39-3)33(30(36)29(26)35)15-14-22-17-32-25-13-12-23(38-2)16-24(22)25/h4-13,16-17,27,32,34H,14-15H2,1-3H3/b28-26-. The number of likely N-dealkylation sites (tertiary alicyclic amines) is 1. The Kier molecular flexibility index (Phi) is 6.94. The Labute approximate surface area is 225 Å². The first-order chi connectivity index (χ1) is 18.8. The fourth-order valence-corrected chi connectivity index (χ4v) is 4.98. The van der Waals surface area contributed by atoms with E-state index in [1.165, 1.54) is 12.0 Å². The molecule has 198 valence electrons. The van der Waals surface area contributed by atoms with E-state index in [0.29, 0.717) is 28.9 Å². The van der Waals surface area contributed by atoms with Gasteiger partial charge in [-0.1, -0.05) is 42.0 Å². The number of hydrogen-bond acceptors (Lipinski definition) is 6. The number of aliphatic hydroxyl groups excluding tert-OH is 1. The van der Waals surface area contributed by atoms with Crippen molar-refractivity contribution in [3.05, 3.63) is 106 Å². The minimum Gasteiger partial charge on any atom is -0.507 e. The van der Waals surface area contributed by atoms with Crippen LogP contribution in [0, 0.1) is 6.92 Å². The lowest BCUT2D eigenvalue weighted by atomic mass is 9.94. The van der Waals surface area contributed by atoms with Gasteiger partial charge in [0.1, 0.15) is 11.5 Å². The smallest absolute Gasteiger partial charge is 0.337 e. The predicted molar refractivity (Wildman–Crippen MR) is 147 cm³/mol. The molecule has 0 aliphatic carbocycles. The summed E-state index contributed by atoms with van der Waals surface area (Å²) in [6.07, 6.45) is 2.34. The van der Waals surface area contributed by atoms with E-state index in [4.69, 9.17) is 9.47 Å². The summed E-state index contributed by atoms with van der Waals surface area (Å²) in [4.78, 5) is 43.4. The molecule has 0 radical (unpaired) electrons. The van der Waals surface area contributed by atoms with Crippen LogP contribution in [0.2, 0.25) is 0 Å². The van der Waals surface area contributed by atoms with Gasteiger partial charge in [0.05, 0.1) is 31.4 Å². The van der Waals surface area contributed by atoms with E-state index in [2.05, 4.69) is 4.98 Å². The second kappa shape index (κ2) is 10.5. The Balaban J connectivity index is 1.55. The van der Waals surface area contributed by atoms with Gasteiger partial charge in [-0.3, -0.25) is 9.59 Å². The SMILES string of the molecule is COC(=O)c1ccc(C2/C(=C(/O)c3ccc(C)cc3)C(=O)C(=O)N2CCc2c[nH]c3ccc(OC)cc23)cc1. The summed E-state index contributed by atoms with van der Waals surface area (Å²) in [7, 11) is 2.90. The van der Waals surface area contributed by atoms with Crippen molar-refractivity contribution >= 4 is 34.3 Å². The number of nitrogens with one attached hydrogen (secondary N) is 1. The van der Waals surface area contributed by atoms with Crippen molar-refractivity contribution in [2.24, 2.45) is 0 Å². The summed E-state index contributed by atoms with van der Waals surface area (Å²) in [6, 6.07) is 18.5. The molecule has 2 N–H and O–H groups in total. The molecule has 8 heteroatoms. The molecule has 5 rings (SSSR count). The van der Waals surface area contributed by atoms with Crippen molar-refractivity contribution in [1.29, 1.82) is 0 Å². The first-order valence-corrected chi connectivity index (χ1v) is 12.5. The number of nitrogens with zero attached hydrogens (tertiary/aromatic N) is 1. The number of methoxy groups -OCH3 is 2. The number of fused-ring (bicyclic) bond motifs is 1. The first-order valence-electron chi connectivity index (χ1n) is 12.5. The fraction of sp³-hybridized carbons (Fsp3) is 0.194. The predicted octanol–water partition coefficient (Wildman–Crippen LogP) is 4.94. The number of rotatable bonds is 7. The zero-order chi connectivity index (χ0) is 27.7. The van der Waals surface area contributed by atoms with Crippen LogP contribution in [0.3, 0.4) is 0 Å². The van der Waals surface area contributed by atoms with E-state index >= 15 is 0 Å². The second-order valence-corrected chi connectivity index (χ2v) is 9.45. The normalized spacial score (nSPS) is 16.6. The van der Waals surface area contributed by atoms with Crippen molar-refractivity contribution in [3.63, 3.8) is 0 Å². The topological polar surface area (TPSA) is 109 Å². The molecule has 2 heterocycles. The second-order valence-electron chi connectivity index (χ2n) is 9.45. The number of H-pyrrole nitrogens is 1. The lowest BCUT2D eigenvalue weighted by Crippen LogP contribution is -2.31. The molecule has 1 atom stereocenters. The van der Waals surface area contributed by atoms with Crippen molar-refractivity contribution in [2.75, 3.05) is 20.8 Å². The Morgan fingerprint density at radius 1 is 0.974 bits per heavy atom. The number of Topliss-reactive ketones (excluding diaryl/α,β-unsaturated/α-hetero) is 1. The number of amides is 1.